The van der Waals surface area contributed by atoms with E-state index in [1.165, 1.54) is 6.20 Å². The zero-order valence-electron chi connectivity index (χ0n) is 11.6. The molecule has 3 aromatic rings. The van der Waals surface area contributed by atoms with Crippen LogP contribution in [0, 0.1) is 6.92 Å². The Labute approximate surface area is 120 Å². The van der Waals surface area contributed by atoms with Gasteiger partial charge >= 0.3 is 5.97 Å². The Bertz CT molecular complexity index is 812. The van der Waals surface area contributed by atoms with Crippen molar-refractivity contribution in [3.8, 4) is 0 Å². The third-order valence-corrected chi connectivity index (χ3v) is 2.97. The number of carbonyl (C=O) groups is 1. The molecule has 7 nitrogen and oxygen atoms in total. The first-order valence-electron chi connectivity index (χ1n) is 6.38. The lowest BCUT2D eigenvalue weighted by atomic mass is 10.2. The van der Waals surface area contributed by atoms with Crippen molar-refractivity contribution < 1.29 is 9.53 Å². The fourth-order valence-corrected chi connectivity index (χ4v) is 1.94. The molecule has 0 fully saturated rings. The minimum Gasteiger partial charge on any atom is -0.456 e. The number of hydrogen-bond donors (Lipinski definition) is 0. The van der Waals surface area contributed by atoms with E-state index in [9.17, 15) is 4.79 Å². The van der Waals surface area contributed by atoms with Crippen LogP contribution >= 0.6 is 0 Å². The number of nitrogens with zero attached hydrogens (tertiary/aromatic N) is 5. The molecule has 0 amide bonds. The van der Waals surface area contributed by atoms with Gasteiger partial charge in [-0.2, -0.15) is 0 Å². The molecule has 3 heterocycles. The van der Waals surface area contributed by atoms with Gasteiger partial charge in [-0.05, 0) is 25.1 Å². The van der Waals surface area contributed by atoms with E-state index in [0.717, 1.165) is 5.69 Å². The van der Waals surface area contributed by atoms with Gasteiger partial charge in [0.2, 0.25) is 0 Å². The SMILES string of the molecule is Cc1cccc(COC(=O)c2cnc3c(c2)nnn3C)n1. The summed E-state index contributed by atoms with van der Waals surface area (Å²) in [6, 6.07) is 7.18. The number of fused-ring (bicyclic) bond motifs is 1. The average molecular weight is 283 g/mol. The molecule has 0 aliphatic carbocycles. The minimum atomic E-state index is -0.460. The van der Waals surface area contributed by atoms with Crippen LogP contribution in [-0.2, 0) is 18.4 Å². The molecule has 0 saturated heterocycles. The topological polar surface area (TPSA) is 82.8 Å². The fraction of sp³-hybridized carbons (Fsp3) is 0.214. The van der Waals surface area contributed by atoms with E-state index in [0.29, 0.717) is 22.4 Å². The maximum atomic E-state index is 12.0. The molecule has 21 heavy (non-hydrogen) atoms. The number of hydrogen-bond acceptors (Lipinski definition) is 6. The van der Waals surface area contributed by atoms with Crippen molar-refractivity contribution in [1.29, 1.82) is 0 Å². The number of esters is 1. The molecule has 0 N–H and O–H groups in total. The normalized spacial score (nSPS) is 10.8. The molecule has 0 radical (unpaired) electrons. The van der Waals surface area contributed by atoms with Gasteiger partial charge in [-0.3, -0.25) is 4.98 Å². The first-order chi connectivity index (χ1) is 10.1. The van der Waals surface area contributed by atoms with Gasteiger partial charge < -0.3 is 4.74 Å². The van der Waals surface area contributed by atoms with Crippen LogP contribution in [0.4, 0.5) is 0 Å². The molecular weight excluding hydrogens is 270 g/mol. The van der Waals surface area contributed by atoms with Crippen LogP contribution in [0.15, 0.2) is 30.5 Å². The first kappa shape index (κ1) is 13.2. The molecule has 0 aliphatic rings. The Morgan fingerprint density at radius 3 is 3.05 bits per heavy atom. The Morgan fingerprint density at radius 1 is 1.38 bits per heavy atom. The van der Waals surface area contributed by atoms with E-state index in [4.69, 9.17) is 4.74 Å². The molecule has 3 aromatic heterocycles. The Morgan fingerprint density at radius 2 is 2.24 bits per heavy atom. The van der Waals surface area contributed by atoms with Crippen LogP contribution in [0.25, 0.3) is 11.2 Å². The second-order valence-electron chi connectivity index (χ2n) is 4.63. The number of aromatic nitrogens is 5. The zero-order valence-corrected chi connectivity index (χ0v) is 11.6. The van der Waals surface area contributed by atoms with Gasteiger partial charge in [0.1, 0.15) is 12.1 Å². The highest BCUT2D eigenvalue weighted by molar-refractivity contribution is 5.92. The molecule has 0 aliphatic heterocycles. The van der Waals surface area contributed by atoms with Gasteiger partial charge in [0, 0.05) is 18.9 Å². The lowest BCUT2D eigenvalue weighted by Crippen LogP contribution is -2.07. The summed E-state index contributed by atoms with van der Waals surface area (Å²) >= 11 is 0. The van der Waals surface area contributed by atoms with Crippen LogP contribution in [0.5, 0.6) is 0 Å². The van der Waals surface area contributed by atoms with Gasteiger partial charge in [0.25, 0.3) is 0 Å². The standard InChI is InChI=1S/C14H13N5O2/c1-9-4-3-5-11(16-9)8-21-14(20)10-6-12-13(15-7-10)19(2)18-17-12/h3-7H,8H2,1-2H3. The van der Waals surface area contributed by atoms with Crippen LogP contribution in [0.1, 0.15) is 21.7 Å². The fourth-order valence-electron chi connectivity index (χ4n) is 1.94. The molecule has 3 rings (SSSR count). The number of ether oxygens (including phenoxy) is 1. The molecule has 0 atom stereocenters. The predicted octanol–water partition coefficient (Wildman–Crippen LogP) is 1.42. The van der Waals surface area contributed by atoms with Gasteiger partial charge in [-0.25, -0.2) is 14.5 Å². The second kappa shape index (κ2) is 5.28. The number of rotatable bonds is 3. The van der Waals surface area contributed by atoms with E-state index in [-0.39, 0.29) is 6.61 Å². The summed E-state index contributed by atoms with van der Waals surface area (Å²) in [5.74, 6) is -0.460. The zero-order chi connectivity index (χ0) is 14.8. The minimum absolute atomic E-state index is 0.124. The maximum absolute atomic E-state index is 12.0. The molecule has 7 heteroatoms. The van der Waals surface area contributed by atoms with Gasteiger partial charge in [-0.1, -0.05) is 11.3 Å². The van der Waals surface area contributed by atoms with E-state index in [1.807, 2.05) is 25.1 Å². The van der Waals surface area contributed by atoms with Crippen LogP contribution < -0.4 is 0 Å². The van der Waals surface area contributed by atoms with Crippen molar-refractivity contribution in [3.63, 3.8) is 0 Å². The molecule has 0 spiro atoms. The highest BCUT2D eigenvalue weighted by Crippen LogP contribution is 2.11. The summed E-state index contributed by atoms with van der Waals surface area (Å²) in [6.45, 7) is 2.01. The second-order valence-corrected chi connectivity index (χ2v) is 4.63. The highest BCUT2D eigenvalue weighted by atomic mass is 16.5. The van der Waals surface area contributed by atoms with Gasteiger partial charge in [0.15, 0.2) is 5.65 Å². The smallest absolute Gasteiger partial charge is 0.340 e. The van der Waals surface area contributed by atoms with Crippen molar-refractivity contribution in [2.24, 2.45) is 7.05 Å². The van der Waals surface area contributed by atoms with E-state index in [1.54, 1.807) is 17.8 Å². The van der Waals surface area contributed by atoms with Gasteiger partial charge in [0.05, 0.1) is 11.3 Å². The highest BCUT2D eigenvalue weighted by Gasteiger charge is 2.12. The average Bonchev–Trinajstić information content (AvgIpc) is 2.86. The maximum Gasteiger partial charge on any atom is 0.340 e. The third-order valence-electron chi connectivity index (χ3n) is 2.97. The van der Waals surface area contributed by atoms with Crippen molar-refractivity contribution in [2.45, 2.75) is 13.5 Å². The summed E-state index contributed by atoms with van der Waals surface area (Å²) in [6.07, 6.45) is 1.46. The summed E-state index contributed by atoms with van der Waals surface area (Å²) < 4.78 is 6.77. The largest absolute Gasteiger partial charge is 0.456 e. The molecule has 0 saturated carbocycles. The predicted molar refractivity (Wildman–Crippen MR) is 74.4 cm³/mol. The molecule has 106 valence electrons. The molecule has 0 aromatic carbocycles. The number of pyridine rings is 2. The lowest BCUT2D eigenvalue weighted by molar-refractivity contribution is 0.0467. The quantitative estimate of drug-likeness (QED) is 0.676. The molecule has 0 unspecified atom stereocenters. The Hall–Kier alpha value is -2.83. The summed E-state index contributed by atoms with van der Waals surface area (Å²) in [4.78, 5) is 20.4. The summed E-state index contributed by atoms with van der Waals surface area (Å²) in [5, 5.41) is 7.76. The van der Waals surface area contributed by atoms with E-state index in [2.05, 4.69) is 20.3 Å². The summed E-state index contributed by atoms with van der Waals surface area (Å²) in [7, 11) is 1.74. The lowest BCUT2D eigenvalue weighted by Gasteiger charge is -2.04. The van der Waals surface area contributed by atoms with E-state index < -0.39 is 5.97 Å². The Balaban J connectivity index is 1.74. The Kier molecular flexibility index (Phi) is 3.31. The first-order valence-corrected chi connectivity index (χ1v) is 6.38. The number of aryl methyl sites for hydroxylation is 2. The van der Waals surface area contributed by atoms with Crippen LogP contribution in [0.3, 0.4) is 0 Å². The molecular formula is C14H13N5O2. The third kappa shape index (κ3) is 2.71. The van der Waals surface area contributed by atoms with Crippen LogP contribution in [0.2, 0.25) is 0 Å². The van der Waals surface area contributed by atoms with Crippen molar-refractivity contribution in [3.05, 3.63) is 47.4 Å². The summed E-state index contributed by atoms with van der Waals surface area (Å²) in [5.41, 5.74) is 3.10. The van der Waals surface area contributed by atoms with Crippen molar-refractivity contribution >= 4 is 17.1 Å². The van der Waals surface area contributed by atoms with Gasteiger partial charge in [-0.15, -0.1) is 5.10 Å². The van der Waals surface area contributed by atoms with Crippen LogP contribution in [-0.4, -0.2) is 30.9 Å². The van der Waals surface area contributed by atoms with Crippen molar-refractivity contribution in [1.82, 2.24) is 25.0 Å². The van der Waals surface area contributed by atoms with E-state index >= 15 is 0 Å². The number of carbonyl (C=O) groups excluding carboxylic acids is 1. The molecule has 0 bridgehead atoms. The monoisotopic (exact) mass is 283 g/mol. The van der Waals surface area contributed by atoms with Crippen molar-refractivity contribution in [2.75, 3.05) is 0 Å².